The van der Waals surface area contributed by atoms with Crippen LogP contribution < -0.4 is 5.32 Å². The number of hydrogen-bond acceptors (Lipinski definition) is 1. The van der Waals surface area contributed by atoms with Gasteiger partial charge in [-0.1, -0.05) is 25.5 Å². The van der Waals surface area contributed by atoms with Crippen molar-refractivity contribution < 1.29 is 8.78 Å². The first-order valence-corrected chi connectivity index (χ1v) is 5.83. The van der Waals surface area contributed by atoms with Gasteiger partial charge in [0.15, 0.2) is 11.6 Å². The molecule has 0 bridgehead atoms. The topological polar surface area (TPSA) is 12.0 Å². The van der Waals surface area contributed by atoms with Crippen molar-refractivity contribution in [2.24, 2.45) is 5.92 Å². The zero-order chi connectivity index (χ0) is 11.7. The number of nitrogens with one attached hydrogen (secondary N) is 1. The van der Waals surface area contributed by atoms with Crippen molar-refractivity contribution in [2.75, 3.05) is 0 Å². The molecule has 1 aromatic rings. The SMILES string of the molecule is CCC1CC1NC(C)c1cccc(F)c1F. The third kappa shape index (κ3) is 2.24. The highest BCUT2D eigenvalue weighted by atomic mass is 19.2. The summed E-state index contributed by atoms with van der Waals surface area (Å²) >= 11 is 0. The molecule has 0 aliphatic heterocycles. The number of benzene rings is 1. The maximum atomic E-state index is 13.5. The molecule has 0 saturated heterocycles. The van der Waals surface area contributed by atoms with Crippen LogP contribution in [-0.4, -0.2) is 6.04 Å². The third-order valence-corrected chi connectivity index (χ3v) is 3.36. The average Bonchev–Trinajstić information content (AvgIpc) is 3.00. The van der Waals surface area contributed by atoms with E-state index in [-0.39, 0.29) is 6.04 Å². The van der Waals surface area contributed by atoms with Crippen molar-refractivity contribution in [1.29, 1.82) is 0 Å². The van der Waals surface area contributed by atoms with Gasteiger partial charge < -0.3 is 5.32 Å². The minimum absolute atomic E-state index is 0.128. The molecule has 0 aromatic heterocycles. The van der Waals surface area contributed by atoms with E-state index in [9.17, 15) is 8.78 Å². The lowest BCUT2D eigenvalue weighted by molar-refractivity contribution is 0.466. The quantitative estimate of drug-likeness (QED) is 0.828. The lowest BCUT2D eigenvalue weighted by Gasteiger charge is -2.15. The van der Waals surface area contributed by atoms with Gasteiger partial charge in [-0.3, -0.25) is 0 Å². The number of halogens is 2. The number of hydrogen-bond donors (Lipinski definition) is 1. The van der Waals surface area contributed by atoms with Crippen molar-refractivity contribution in [2.45, 2.75) is 38.8 Å². The summed E-state index contributed by atoms with van der Waals surface area (Å²) in [6.45, 7) is 4.03. The first-order chi connectivity index (χ1) is 7.63. The Morgan fingerprint density at radius 2 is 2.19 bits per heavy atom. The molecule has 0 heterocycles. The van der Waals surface area contributed by atoms with Gasteiger partial charge >= 0.3 is 0 Å². The van der Waals surface area contributed by atoms with Crippen LogP contribution in [0.25, 0.3) is 0 Å². The van der Waals surface area contributed by atoms with Crippen LogP contribution in [0.1, 0.15) is 38.3 Å². The summed E-state index contributed by atoms with van der Waals surface area (Å²) in [5.41, 5.74) is 0.418. The Kier molecular flexibility index (Phi) is 3.24. The Labute approximate surface area is 94.9 Å². The van der Waals surface area contributed by atoms with Gasteiger partial charge in [0, 0.05) is 17.6 Å². The molecule has 0 amide bonds. The van der Waals surface area contributed by atoms with E-state index in [0.717, 1.165) is 18.9 Å². The Bertz CT molecular complexity index is 378. The van der Waals surface area contributed by atoms with E-state index in [1.165, 1.54) is 0 Å². The second kappa shape index (κ2) is 4.50. The highest BCUT2D eigenvalue weighted by molar-refractivity contribution is 5.22. The molecule has 3 unspecified atom stereocenters. The van der Waals surface area contributed by atoms with Crippen molar-refractivity contribution >= 4 is 0 Å². The standard InChI is InChI=1S/C13H17F2N/c1-3-9-7-12(9)16-8(2)10-5-4-6-11(14)13(10)15/h4-6,8-9,12,16H,3,7H2,1-2H3. The van der Waals surface area contributed by atoms with E-state index >= 15 is 0 Å². The second-order valence-electron chi connectivity index (χ2n) is 4.54. The van der Waals surface area contributed by atoms with Gasteiger partial charge in [0.2, 0.25) is 0 Å². The van der Waals surface area contributed by atoms with Crippen molar-refractivity contribution in [3.05, 3.63) is 35.4 Å². The van der Waals surface area contributed by atoms with Crippen LogP contribution in [0.5, 0.6) is 0 Å². The summed E-state index contributed by atoms with van der Waals surface area (Å²) in [6, 6.07) is 4.69. The van der Waals surface area contributed by atoms with Gasteiger partial charge in [-0.25, -0.2) is 8.78 Å². The van der Waals surface area contributed by atoms with Crippen molar-refractivity contribution in [3.63, 3.8) is 0 Å². The fourth-order valence-electron chi connectivity index (χ4n) is 2.17. The Morgan fingerprint density at radius 3 is 2.81 bits per heavy atom. The summed E-state index contributed by atoms with van der Waals surface area (Å²) in [4.78, 5) is 0. The van der Waals surface area contributed by atoms with E-state index < -0.39 is 11.6 Å². The minimum atomic E-state index is -0.769. The normalized spacial score (nSPS) is 25.5. The molecule has 3 atom stereocenters. The molecule has 2 rings (SSSR count). The molecule has 1 N–H and O–H groups in total. The first kappa shape index (κ1) is 11.5. The molecule has 3 heteroatoms. The van der Waals surface area contributed by atoms with Crippen molar-refractivity contribution in [1.82, 2.24) is 5.32 Å². The fourth-order valence-corrected chi connectivity index (χ4v) is 2.17. The average molecular weight is 225 g/mol. The molecule has 88 valence electrons. The van der Waals surface area contributed by atoms with E-state index in [0.29, 0.717) is 17.5 Å². The monoisotopic (exact) mass is 225 g/mol. The van der Waals surface area contributed by atoms with E-state index in [2.05, 4.69) is 12.2 Å². The largest absolute Gasteiger partial charge is 0.307 e. The molecule has 1 saturated carbocycles. The molecule has 0 radical (unpaired) electrons. The summed E-state index contributed by atoms with van der Waals surface area (Å²) < 4.78 is 26.5. The fraction of sp³-hybridized carbons (Fsp3) is 0.538. The van der Waals surface area contributed by atoms with Crippen molar-refractivity contribution in [3.8, 4) is 0 Å². The van der Waals surface area contributed by atoms with E-state index in [1.807, 2.05) is 6.92 Å². The summed E-state index contributed by atoms with van der Waals surface area (Å²) in [6.07, 6.45) is 2.30. The zero-order valence-corrected chi connectivity index (χ0v) is 9.63. The molecule has 1 nitrogen and oxygen atoms in total. The summed E-state index contributed by atoms with van der Waals surface area (Å²) in [5.74, 6) is -0.788. The minimum Gasteiger partial charge on any atom is -0.307 e. The van der Waals surface area contributed by atoms with Crippen LogP contribution in [0, 0.1) is 17.6 Å². The van der Waals surface area contributed by atoms with E-state index in [1.54, 1.807) is 12.1 Å². The number of rotatable bonds is 4. The van der Waals surface area contributed by atoms with Gasteiger partial charge in [-0.05, 0) is 25.3 Å². The maximum absolute atomic E-state index is 13.5. The molecule has 1 aromatic carbocycles. The predicted octanol–water partition coefficient (Wildman–Crippen LogP) is 3.41. The highest BCUT2D eigenvalue weighted by Crippen LogP contribution is 2.35. The first-order valence-electron chi connectivity index (χ1n) is 5.83. The predicted molar refractivity (Wildman–Crippen MR) is 60.1 cm³/mol. The van der Waals surface area contributed by atoms with Gasteiger partial charge in [-0.15, -0.1) is 0 Å². The van der Waals surface area contributed by atoms with Crippen LogP contribution in [0.2, 0.25) is 0 Å². The lowest BCUT2D eigenvalue weighted by Crippen LogP contribution is -2.23. The third-order valence-electron chi connectivity index (χ3n) is 3.36. The Hall–Kier alpha value is -0.960. The highest BCUT2D eigenvalue weighted by Gasteiger charge is 2.36. The molecular weight excluding hydrogens is 208 g/mol. The second-order valence-corrected chi connectivity index (χ2v) is 4.54. The lowest BCUT2D eigenvalue weighted by atomic mass is 10.1. The molecular formula is C13H17F2N. The van der Waals surface area contributed by atoms with Gasteiger partial charge in [0.25, 0.3) is 0 Å². The van der Waals surface area contributed by atoms with E-state index in [4.69, 9.17) is 0 Å². The van der Waals surface area contributed by atoms with Crippen LogP contribution >= 0.6 is 0 Å². The van der Waals surface area contributed by atoms with Crippen LogP contribution in [0.3, 0.4) is 0 Å². The zero-order valence-electron chi connectivity index (χ0n) is 9.63. The van der Waals surface area contributed by atoms with Crippen LogP contribution in [0.4, 0.5) is 8.78 Å². The summed E-state index contributed by atoms with van der Waals surface area (Å²) in [7, 11) is 0. The van der Waals surface area contributed by atoms with Gasteiger partial charge in [0.05, 0.1) is 0 Å². The van der Waals surface area contributed by atoms with Crippen LogP contribution in [0.15, 0.2) is 18.2 Å². The Morgan fingerprint density at radius 1 is 1.44 bits per heavy atom. The van der Waals surface area contributed by atoms with Gasteiger partial charge in [0.1, 0.15) is 0 Å². The molecule has 1 aliphatic rings. The molecule has 0 spiro atoms. The molecule has 1 fully saturated rings. The smallest absolute Gasteiger partial charge is 0.163 e. The summed E-state index contributed by atoms with van der Waals surface area (Å²) in [5, 5.41) is 3.33. The molecule has 16 heavy (non-hydrogen) atoms. The maximum Gasteiger partial charge on any atom is 0.163 e. The Balaban J connectivity index is 2.04. The molecule has 1 aliphatic carbocycles. The van der Waals surface area contributed by atoms with Gasteiger partial charge in [-0.2, -0.15) is 0 Å². The van der Waals surface area contributed by atoms with Crippen LogP contribution in [-0.2, 0) is 0 Å².